The second-order valence-corrected chi connectivity index (χ2v) is 6.36. The molecule has 1 atom stereocenters. The van der Waals surface area contributed by atoms with Gasteiger partial charge in [0, 0.05) is 19.6 Å². The van der Waals surface area contributed by atoms with Crippen LogP contribution in [0.5, 0.6) is 0 Å². The van der Waals surface area contributed by atoms with Crippen LogP contribution in [0.4, 0.5) is 10.2 Å². The van der Waals surface area contributed by atoms with Crippen molar-refractivity contribution in [2.45, 2.75) is 32.4 Å². The van der Waals surface area contributed by atoms with Crippen LogP contribution in [0.15, 0.2) is 36.4 Å². The number of halogens is 1. The zero-order valence-electron chi connectivity index (χ0n) is 15.0. The Kier molecular flexibility index (Phi) is 5.95. The van der Waals surface area contributed by atoms with Gasteiger partial charge in [-0.2, -0.15) is 0 Å². The Morgan fingerprint density at radius 2 is 1.85 bits per heavy atom. The molecule has 1 aliphatic rings. The van der Waals surface area contributed by atoms with Crippen molar-refractivity contribution in [2.24, 2.45) is 0 Å². The van der Waals surface area contributed by atoms with E-state index in [0.29, 0.717) is 0 Å². The van der Waals surface area contributed by atoms with Crippen molar-refractivity contribution in [1.29, 1.82) is 0 Å². The first-order valence-corrected chi connectivity index (χ1v) is 8.85. The van der Waals surface area contributed by atoms with Crippen molar-refractivity contribution in [3.05, 3.63) is 53.5 Å². The molecule has 0 saturated carbocycles. The first kappa shape index (κ1) is 18.8. The average molecular weight is 372 g/mol. The summed E-state index contributed by atoms with van der Waals surface area (Å²) < 4.78 is 18.0. The van der Waals surface area contributed by atoms with Crippen LogP contribution in [-0.4, -0.2) is 41.3 Å². The number of carbonyl (C=O) groups excluding carboxylic acids is 2. The van der Waals surface area contributed by atoms with E-state index in [0.717, 1.165) is 37.3 Å². The van der Waals surface area contributed by atoms with Gasteiger partial charge in [0.05, 0.1) is 0 Å². The highest BCUT2D eigenvalue weighted by atomic mass is 19.1. The highest BCUT2D eigenvalue weighted by Gasteiger charge is 2.21. The summed E-state index contributed by atoms with van der Waals surface area (Å²) in [6, 6.07) is 9.05. The minimum Gasteiger partial charge on any atom is -0.448 e. The monoisotopic (exact) mass is 372 g/mol. The van der Waals surface area contributed by atoms with Crippen LogP contribution in [-0.2, 0) is 16.1 Å². The molecule has 1 unspecified atom stereocenters. The smallest absolute Gasteiger partial charge is 0.359 e. The number of nitrogens with zero attached hydrogens (tertiary/aromatic N) is 3. The van der Waals surface area contributed by atoms with E-state index < -0.39 is 18.0 Å². The predicted octanol–water partition coefficient (Wildman–Crippen LogP) is 2.08. The third-order valence-electron chi connectivity index (χ3n) is 4.32. The van der Waals surface area contributed by atoms with Crippen LogP contribution in [0.1, 0.15) is 35.8 Å². The zero-order chi connectivity index (χ0) is 19.2. The summed E-state index contributed by atoms with van der Waals surface area (Å²) in [7, 11) is 0. The Morgan fingerprint density at radius 3 is 2.48 bits per heavy atom. The molecule has 7 nitrogen and oxygen atoms in total. The second-order valence-electron chi connectivity index (χ2n) is 6.36. The Labute approximate surface area is 156 Å². The standard InChI is InChI=1S/C19H21FN4O3/c1-13(18(25)21-12-14-4-6-15(20)7-5-14)27-19(26)16-8-9-17(23-22-16)24-10-2-3-11-24/h4-9,13H,2-3,10-12H2,1H3,(H,21,25). The summed E-state index contributed by atoms with van der Waals surface area (Å²) in [6.45, 7) is 3.56. The molecular formula is C19H21FN4O3. The number of carbonyl (C=O) groups is 2. The van der Waals surface area contributed by atoms with Gasteiger partial charge < -0.3 is 15.0 Å². The molecule has 142 valence electrons. The third-order valence-corrected chi connectivity index (χ3v) is 4.32. The van der Waals surface area contributed by atoms with Crippen LogP contribution < -0.4 is 10.2 Å². The van der Waals surface area contributed by atoms with E-state index in [1.165, 1.54) is 19.1 Å². The number of nitrogens with one attached hydrogen (secondary N) is 1. The summed E-state index contributed by atoms with van der Waals surface area (Å²) in [4.78, 5) is 26.3. The Hall–Kier alpha value is -3.03. The first-order valence-electron chi connectivity index (χ1n) is 8.85. The van der Waals surface area contributed by atoms with Crippen molar-refractivity contribution in [1.82, 2.24) is 15.5 Å². The Bertz CT molecular complexity index is 790. The Balaban J connectivity index is 1.50. The van der Waals surface area contributed by atoms with Crippen molar-refractivity contribution in [3.63, 3.8) is 0 Å². The van der Waals surface area contributed by atoms with Gasteiger partial charge in [0.25, 0.3) is 5.91 Å². The number of rotatable bonds is 6. The molecule has 1 aromatic heterocycles. The number of benzene rings is 1. The van der Waals surface area contributed by atoms with Gasteiger partial charge in [0.2, 0.25) is 0 Å². The number of ether oxygens (including phenoxy) is 1. The average Bonchev–Trinajstić information content (AvgIpc) is 3.22. The van der Waals surface area contributed by atoms with Crippen molar-refractivity contribution in [3.8, 4) is 0 Å². The van der Waals surface area contributed by atoms with E-state index in [-0.39, 0.29) is 18.1 Å². The summed E-state index contributed by atoms with van der Waals surface area (Å²) in [6.07, 6.45) is 1.25. The molecule has 0 bridgehead atoms. The van der Waals surface area contributed by atoms with Gasteiger partial charge in [-0.15, -0.1) is 10.2 Å². The van der Waals surface area contributed by atoms with Crippen LogP contribution in [0.3, 0.4) is 0 Å². The van der Waals surface area contributed by atoms with Crippen LogP contribution >= 0.6 is 0 Å². The molecule has 0 radical (unpaired) electrons. The lowest BCUT2D eigenvalue weighted by molar-refractivity contribution is -0.129. The van der Waals surface area contributed by atoms with Crippen LogP contribution in [0.25, 0.3) is 0 Å². The lowest BCUT2D eigenvalue weighted by atomic mass is 10.2. The first-order chi connectivity index (χ1) is 13.0. The number of hydrogen-bond donors (Lipinski definition) is 1. The number of hydrogen-bond acceptors (Lipinski definition) is 6. The zero-order valence-corrected chi connectivity index (χ0v) is 15.0. The fourth-order valence-corrected chi connectivity index (χ4v) is 2.76. The molecule has 1 fully saturated rings. The largest absolute Gasteiger partial charge is 0.448 e. The summed E-state index contributed by atoms with van der Waals surface area (Å²) >= 11 is 0. The SMILES string of the molecule is CC(OC(=O)c1ccc(N2CCCC2)nn1)C(=O)NCc1ccc(F)cc1. The molecule has 2 aromatic rings. The van der Waals surface area contributed by atoms with Gasteiger partial charge in [-0.1, -0.05) is 12.1 Å². The molecule has 1 aromatic carbocycles. The molecule has 1 N–H and O–H groups in total. The highest BCUT2D eigenvalue weighted by molar-refractivity contribution is 5.90. The fraction of sp³-hybridized carbons (Fsp3) is 0.368. The molecule has 0 aliphatic carbocycles. The van der Waals surface area contributed by atoms with Gasteiger partial charge >= 0.3 is 5.97 Å². The normalized spacial score (nSPS) is 14.7. The molecule has 8 heteroatoms. The summed E-state index contributed by atoms with van der Waals surface area (Å²) in [5, 5.41) is 10.6. The number of esters is 1. The predicted molar refractivity (Wildman–Crippen MR) is 96.6 cm³/mol. The fourth-order valence-electron chi connectivity index (χ4n) is 2.76. The maximum Gasteiger partial charge on any atom is 0.359 e. The van der Waals surface area contributed by atoms with E-state index in [1.807, 2.05) is 0 Å². The van der Waals surface area contributed by atoms with E-state index in [2.05, 4.69) is 20.4 Å². The minimum absolute atomic E-state index is 0.0520. The minimum atomic E-state index is -0.988. The second kappa shape index (κ2) is 8.57. The molecular weight excluding hydrogens is 351 g/mol. The molecule has 0 spiro atoms. The lowest BCUT2D eigenvalue weighted by Gasteiger charge is -2.16. The van der Waals surface area contributed by atoms with Gasteiger partial charge in [-0.3, -0.25) is 4.79 Å². The lowest BCUT2D eigenvalue weighted by Crippen LogP contribution is -2.35. The number of anilines is 1. The van der Waals surface area contributed by atoms with E-state index in [4.69, 9.17) is 4.74 Å². The number of amides is 1. The molecule has 1 saturated heterocycles. The maximum atomic E-state index is 12.9. The summed E-state index contributed by atoms with van der Waals surface area (Å²) in [5.74, 6) is -0.771. The molecule has 1 amide bonds. The van der Waals surface area contributed by atoms with Crippen molar-refractivity contribution >= 4 is 17.7 Å². The highest BCUT2D eigenvalue weighted by Crippen LogP contribution is 2.16. The van der Waals surface area contributed by atoms with Crippen LogP contribution in [0.2, 0.25) is 0 Å². The van der Waals surface area contributed by atoms with Gasteiger partial charge in [-0.05, 0) is 49.6 Å². The van der Waals surface area contributed by atoms with E-state index >= 15 is 0 Å². The van der Waals surface area contributed by atoms with Crippen molar-refractivity contribution in [2.75, 3.05) is 18.0 Å². The van der Waals surface area contributed by atoms with Crippen LogP contribution in [0, 0.1) is 5.82 Å². The molecule has 2 heterocycles. The topological polar surface area (TPSA) is 84.4 Å². The van der Waals surface area contributed by atoms with Gasteiger partial charge in [0.15, 0.2) is 17.6 Å². The third kappa shape index (κ3) is 4.99. The molecule has 27 heavy (non-hydrogen) atoms. The van der Waals surface area contributed by atoms with E-state index in [9.17, 15) is 14.0 Å². The summed E-state index contributed by atoms with van der Waals surface area (Å²) in [5.41, 5.74) is 0.794. The van der Waals surface area contributed by atoms with Crippen molar-refractivity contribution < 1.29 is 18.7 Å². The van der Waals surface area contributed by atoms with E-state index in [1.54, 1.807) is 24.3 Å². The maximum absolute atomic E-state index is 12.9. The molecule has 1 aliphatic heterocycles. The molecule has 3 rings (SSSR count). The quantitative estimate of drug-likeness (QED) is 0.782. The van der Waals surface area contributed by atoms with Gasteiger partial charge in [0.1, 0.15) is 5.82 Å². The number of aromatic nitrogens is 2. The Morgan fingerprint density at radius 1 is 1.15 bits per heavy atom. The van der Waals surface area contributed by atoms with Gasteiger partial charge in [-0.25, -0.2) is 9.18 Å².